The molecule has 0 atom stereocenters. The molecule has 0 saturated carbocycles. The number of hydrogen-bond acceptors (Lipinski definition) is 3. The third-order valence-corrected chi connectivity index (χ3v) is 3.73. The number of halogens is 2. The van der Waals surface area contributed by atoms with E-state index < -0.39 is 9.05 Å². The SMILES string of the molecule is O=S(=O)(Cl)c1cccc2ncc(Br)cc12. The van der Waals surface area contributed by atoms with E-state index in [2.05, 4.69) is 20.9 Å². The third kappa shape index (κ3) is 2.14. The summed E-state index contributed by atoms with van der Waals surface area (Å²) in [4.78, 5) is 4.16. The number of benzene rings is 1. The topological polar surface area (TPSA) is 47.0 Å². The molecule has 0 aliphatic heterocycles. The van der Waals surface area contributed by atoms with Gasteiger partial charge in [0.05, 0.1) is 10.4 Å². The number of rotatable bonds is 1. The van der Waals surface area contributed by atoms with Crippen molar-refractivity contribution in [2.45, 2.75) is 4.90 Å². The summed E-state index contributed by atoms with van der Waals surface area (Å²) in [6.07, 6.45) is 1.60. The molecule has 78 valence electrons. The molecule has 0 saturated heterocycles. The van der Waals surface area contributed by atoms with Gasteiger partial charge in [0, 0.05) is 26.7 Å². The average molecular weight is 307 g/mol. The van der Waals surface area contributed by atoms with Gasteiger partial charge in [-0.1, -0.05) is 6.07 Å². The van der Waals surface area contributed by atoms with Crippen molar-refractivity contribution in [2.24, 2.45) is 0 Å². The van der Waals surface area contributed by atoms with Crippen LogP contribution in [-0.4, -0.2) is 13.4 Å². The highest BCUT2D eigenvalue weighted by molar-refractivity contribution is 9.10. The van der Waals surface area contributed by atoms with Crippen LogP contribution in [0.5, 0.6) is 0 Å². The van der Waals surface area contributed by atoms with Crippen molar-refractivity contribution in [1.82, 2.24) is 4.98 Å². The lowest BCUT2D eigenvalue weighted by atomic mass is 10.2. The Labute approximate surface area is 99.6 Å². The van der Waals surface area contributed by atoms with E-state index in [1.165, 1.54) is 6.07 Å². The van der Waals surface area contributed by atoms with Gasteiger partial charge in [-0.3, -0.25) is 4.98 Å². The van der Waals surface area contributed by atoms with Crippen LogP contribution in [0.4, 0.5) is 0 Å². The van der Waals surface area contributed by atoms with Gasteiger partial charge in [0.15, 0.2) is 0 Å². The van der Waals surface area contributed by atoms with E-state index in [-0.39, 0.29) is 4.90 Å². The summed E-state index contributed by atoms with van der Waals surface area (Å²) in [5.41, 5.74) is 0.597. The Bertz CT molecular complexity index is 627. The summed E-state index contributed by atoms with van der Waals surface area (Å²) < 4.78 is 23.3. The number of hydrogen-bond donors (Lipinski definition) is 0. The molecule has 1 aromatic carbocycles. The summed E-state index contributed by atoms with van der Waals surface area (Å²) in [7, 11) is 1.58. The highest BCUT2D eigenvalue weighted by Crippen LogP contribution is 2.26. The van der Waals surface area contributed by atoms with Crippen LogP contribution < -0.4 is 0 Å². The second kappa shape index (κ2) is 3.73. The molecule has 6 heteroatoms. The largest absolute Gasteiger partial charge is 0.261 e. The minimum atomic E-state index is -3.73. The first kappa shape index (κ1) is 10.9. The maximum atomic E-state index is 11.3. The molecule has 0 unspecified atom stereocenters. The van der Waals surface area contributed by atoms with Crippen molar-refractivity contribution in [1.29, 1.82) is 0 Å². The van der Waals surface area contributed by atoms with Crippen molar-refractivity contribution in [2.75, 3.05) is 0 Å². The van der Waals surface area contributed by atoms with E-state index in [9.17, 15) is 8.42 Å². The molecular weight excluding hydrogens is 302 g/mol. The van der Waals surface area contributed by atoms with Crippen LogP contribution >= 0.6 is 26.6 Å². The lowest BCUT2D eigenvalue weighted by Crippen LogP contribution is -1.92. The zero-order valence-corrected chi connectivity index (χ0v) is 10.5. The second-order valence-corrected chi connectivity index (χ2v) is 6.36. The minimum absolute atomic E-state index is 0.0791. The highest BCUT2D eigenvalue weighted by atomic mass is 79.9. The molecule has 1 aromatic heterocycles. The Morgan fingerprint density at radius 3 is 2.73 bits per heavy atom. The fourth-order valence-electron chi connectivity index (χ4n) is 1.31. The van der Waals surface area contributed by atoms with E-state index in [4.69, 9.17) is 10.7 Å². The lowest BCUT2D eigenvalue weighted by molar-refractivity contribution is 0.610. The monoisotopic (exact) mass is 305 g/mol. The van der Waals surface area contributed by atoms with Crippen molar-refractivity contribution < 1.29 is 8.42 Å². The van der Waals surface area contributed by atoms with Gasteiger partial charge in [-0.25, -0.2) is 8.42 Å². The molecule has 1 heterocycles. The highest BCUT2D eigenvalue weighted by Gasteiger charge is 2.14. The van der Waals surface area contributed by atoms with E-state index in [1.54, 1.807) is 24.4 Å². The first-order chi connectivity index (χ1) is 6.98. The quantitative estimate of drug-likeness (QED) is 0.761. The van der Waals surface area contributed by atoms with E-state index in [0.717, 1.165) is 0 Å². The normalized spacial score (nSPS) is 11.9. The Morgan fingerprint density at radius 1 is 1.33 bits per heavy atom. The average Bonchev–Trinajstić information content (AvgIpc) is 2.15. The molecule has 2 aromatic rings. The fourth-order valence-corrected chi connectivity index (χ4v) is 2.71. The molecule has 0 aliphatic carbocycles. The minimum Gasteiger partial charge on any atom is -0.255 e. The molecule has 0 bridgehead atoms. The van der Waals surface area contributed by atoms with Gasteiger partial charge in [-0.15, -0.1) is 0 Å². The van der Waals surface area contributed by atoms with Crippen LogP contribution in [0.25, 0.3) is 10.9 Å². The summed E-state index contributed by atoms with van der Waals surface area (Å²) in [6, 6.07) is 6.47. The number of fused-ring (bicyclic) bond motifs is 1. The molecule has 0 N–H and O–H groups in total. The molecule has 0 amide bonds. The van der Waals surface area contributed by atoms with E-state index in [1.807, 2.05) is 0 Å². The standard InChI is InChI=1S/C9H5BrClNO2S/c10-6-4-7-8(12-5-6)2-1-3-9(7)15(11,13)14/h1-5H. The molecular formula is C9H5BrClNO2S. The number of aromatic nitrogens is 1. The Hall–Kier alpha value is -0.650. The lowest BCUT2D eigenvalue weighted by Gasteiger charge is -2.02. The first-order valence-electron chi connectivity index (χ1n) is 3.97. The molecule has 0 spiro atoms. The summed E-state index contributed by atoms with van der Waals surface area (Å²) in [5.74, 6) is 0. The van der Waals surface area contributed by atoms with Crippen LogP contribution in [0.2, 0.25) is 0 Å². The van der Waals surface area contributed by atoms with Gasteiger partial charge in [0.2, 0.25) is 0 Å². The molecule has 0 aliphatic rings. The number of pyridine rings is 1. The second-order valence-electron chi connectivity index (χ2n) is 2.91. The van der Waals surface area contributed by atoms with Gasteiger partial charge in [0.1, 0.15) is 0 Å². The van der Waals surface area contributed by atoms with Gasteiger partial charge in [-0.2, -0.15) is 0 Å². The summed E-state index contributed by atoms with van der Waals surface area (Å²) >= 11 is 3.23. The fraction of sp³-hybridized carbons (Fsp3) is 0. The molecule has 0 fully saturated rings. The molecule has 0 radical (unpaired) electrons. The third-order valence-electron chi connectivity index (χ3n) is 1.91. The van der Waals surface area contributed by atoms with E-state index >= 15 is 0 Å². The van der Waals surface area contributed by atoms with Crippen molar-refractivity contribution in [3.63, 3.8) is 0 Å². The van der Waals surface area contributed by atoms with Crippen LogP contribution in [0.15, 0.2) is 39.8 Å². The first-order valence-corrected chi connectivity index (χ1v) is 7.07. The van der Waals surface area contributed by atoms with Crippen LogP contribution in [-0.2, 0) is 9.05 Å². The van der Waals surface area contributed by atoms with Gasteiger partial charge >= 0.3 is 0 Å². The van der Waals surface area contributed by atoms with Gasteiger partial charge in [0.25, 0.3) is 9.05 Å². The van der Waals surface area contributed by atoms with Crippen molar-refractivity contribution >= 4 is 46.6 Å². The summed E-state index contributed by atoms with van der Waals surface area (Å²) in [5, 5.41) is 0.516. The smallest absolute Gasteiger partial charge is 0.255 e. The van der Waals surface area contributed by atoms with Crippen LogP contribution in [0, 0.1) is 0 Å². The maximum Gasteiger partial charge on any atom is 0.261 e. The summed E-state index contributed by atoms with van der Waals surface area (Å²) in [6.45, 7) is 0. The Morgan fingerprint density at radius 2 is 2.07 bits per heavy atom. The Balaban J connectivity index is 2.92. The number of nitrogens with zero attached hydrogens (tertiary/aromatic N) is 1. The van der Waals surface area contributed by atoms with Crippen LogP contribution in [0.1, 0.15) is 0 Å². The van der Waals surface area contributed by atoms with Crippen LogP contribution in [0.3, 0.4) is 0 Å². The predicted molar refractivity (Wildman–Crippen MR) is 62.5 cm³/mol. The zero-order valence-electron chi connectivity index (χ0n) is 7.31. The molecule has 15 heavy (non-hydrogen) atoms. The van der Waals surface area contributed by atoms with Crippen molar-refractivity contribution in [3.05, 3.63) is 34.9 Å². The van der Waals surface area contributed by atoms with Gasteiger partial charge < -0.3 is 0 Å². The predicted octanol–water partition coefficient (Wildman–Crippen LogP) is 2.92. The Kier molecular flexibility index (Phi) is 2.70. The van der Waals surface area contributed by atoms with E-state index in [0.29, 0.717) is 15.4 Å². The maximum absolute atomic E-state index is 11.3. The van der Waals surface area contributed by atoms with Crippen molar-refractivity contribution in [3.8, 4) is 0 Å². The molecule has 3 nitrogen and oxygen atoms in total. The van der Waals surface area contributed by atoms with Gasteiger partial charge in [-0.05, 0) is 34.1 Å². The zero-order chi connectivity index (χ0) is 11.1. The molecule has 2 rings (SSSR count).